The van der Waals surface area contributed by atoms with E-state index in [0.717, 1.165) is 23.9 Å². The minimum atomic E-state index is -0.358. The van der Waals surface area contributed by atoms with Crippen LogP contribution in [-0.4, -0.2) is 9.49 Å². The normalized spacial score (nSPS) is 10.7. The number of hydrogen-bond acceptors (Lipinski definition) is 2. The van der Waals surface area contributed by atoms with Crippen LogP contribution in [0, 0.1) is 10.1 Å². The zero-order chi connectivity index (χ0) is 10.8. The number of rotatable bonds is 3. The maximum absolute atomic E-state index is 10.6. The largest absolute Gasteiger partial charge is 0.347 e. The first-order valence-electron chi connectivity index (χ1n) is 4.95. The van der Waals surface area contributed by atoms with Gasteiger partial charge in [0, 0.05) is 30.3 Å². The Bertz CT molecular complexity index is 502. The molecule has 0 unspecified atom stereocenters. The molecule has 4 heteroatoms. The third-order valence-corrected chi connectivity index (χ3v) is 2.43. The summed E-state index contributed by atoms with van der Waals surface area (Å²) in [6, 6.07) is 6.94. The van der Waals surface area contributed by atoms with Crippen LogP contribution in [0.1, 0.15) is 13.3 Å². The molecule has 15 heavy (non-hydrogen) atoms. The summed E-state index contributed by atoms with van der Waals surface area (Å²) >= 11 is 0. The fourth-order valence-corrected chi connectivity index (χ4v) is 1.72. The van der Waals surface area contributed by atoms with Crippen LogP contribution < -0.4 is 0 Å². The topological polar surface area (TPSA) is 48.1 Å². The minimum Gasteiger partial charge on any atom is -0.347 e. The van der Waals surface area contributed by atoms with Crippen LogP contribution >= 0.6 is 0 Å². The van der Waals surface area contributed by atoms with E-state index in [0.29, 0.717) is 0 Å². The highest BCUT2D eigenvalue weighted by atomic mass is 16.6. The number of nitro groups is 1. The van der Waals surface area contributed by atoms with Gasteiger partial charge >= 0.3 is 0 Å². The first kappa shape index (κ1) is 9.71. The molecular weight excluding hydrogens is 192 g/mol. The van der Waals surface area contributed by atoms with Gasteiger partial charge in [0.2, 0.25) is 0 Å². The molecular formula is C11H12N2O2. The molecule has 1 heterocycles. The van der Waals surface area contributed by atoms with E-state index < -0.39 is 0 Å². The first-order valence-corrected chi connectivity index (χ1v) is 4.95. The summed E-state index contributed by atoms with van der Waals surface area (Å²) in [5.41, 5.74) is 1.09. The molecule has 0 aliphatic carbocycles. The van der Waals surface area contributed by atoms with Gasteiger partial charge in [0.25, 0.3) is 5.69 Å². The fraction of sp³-hybridized carbons (Fsp3) is 0.273. The lowest BCUT2D eigenvalue weighted by atomic mass is 10.2. The molecule has 0 saturated heterocycles. The van der Waals surface area contributed by atoms with E-state index in [-0.39, 0.29) is 10.6 Å². The van der Waals surface area contributed by atoms with Crippen LogP contribution in [0.25, 0.3) is 10.9 Å². The van der Waals surface area contributed by atoms with Crippen molar-refractivity contribution in [2.45, 2.75) is 19.9 Å². The van der Waals surface area contributed by atoms with E-state index in [1.165, 1.54) is 0 Å². The van der Waals surface area contributed by atoms with Crippen molar-refractivity contribution in [3.05, 3.63) is 40.6 Å². The number of aromatic nitrogens is 1. The van der Waals surface area contributed by atoms with Gasteiger partial charge in [0.1, 0.15) is 0 Å². The van der Waals surface area contributed by atoms with E-state index in [9.17, 15) is 10.1 Å². The van der Waals surface area contributed by atoms with Crippen molar-refractivity contribution in [1.82, 2.24) is 4.57 Å². The molecule has 0 saturated carbocycles. The van der Waals surface area contributed by atoms with Crippen molar-refractivity contribution < 1.29 is 4.92 Å². The van der Waals surface area contributed by atoms with Gasteiger partial charge in [0.15, 0.2) is 0 Å². The Morgan fingerprint density at radius 3 is 2.87 bits per heavy atom. The average Bonchev–Trinajstić information content (AvgIpc) is 2.61. The molecule has 1 aromatic carbocycles. The van der Waals surface area contributed by atoms with Crippen molar-refractivity contribution in [3.8, 4) is 0 Å². The molecule has 0 atom stereocenters. The second-order valence-electron chi connectivity index (χ2n) is 3.51. The summed E-state index contributed by atoms with van der Waals surface area (Å²) in [5, 5.41) is 11.7. The number of nitro benzene ring substituents is 1. The van der Waals surface area contributed by atoms with Crippen molar-refractivity contribution in [2.75, 3.05) is 0 Å². The van der Waals surface area contributed by atoms with Crippen LogP contribution in [0.2, 0.25) is 0 Å². The van der Waals surface area contributed by atoms with E-state index >= 15 is 0 Å². The number of nitrogens with zero attached hydrogens (tertiary/aromatic N) is 2. The summed E-state index contributed by atoms with van der Waals surface area (Å²) in [4.78, 5) is 10.3. The van der Waals surface area contributed by atoms with Crippen LogP contribution in [0.3, 0.4) is 0 Å². The van der Waals surface area contributed by atoms with Gasteiger partial charge < -0.3 is 4.57 Å². The van der Waals surface area contributed by atoms with Crippen LogP contribution in [0.5, 0.6) is 0 Å². The van der Waals surface area contributed by atoms with Crippen molar-refractivity contribution >= 4 is 16.6 Å². The maximum Gasteiger partial charge on any atom is 0.271 e. The van der Waals surface area contributed by atoms with Gasteiger partial charge in [0.05, 0.1) is 10.4 Å². The van der Waals surface area contributed by atoms with E-state index in [4.69, 9.17) is 0 Å². The van der Waals surface area contributed by atoms with Gasteiger partial charge in [-0.15, -0.1) is 0 Å². The SMILES string of the molecule is CCCn1ccc2ccc([N+](=O)[O-])cc21. The Kier molecular flexibility index (Phi) is 2.41. The lowest BCUT2D eigenvalue weighted by molar-refractivity contribution is -0.384. The predicted octanol–water partition coefficient (Wildman–Crippen LogP) is 2.96. The van der Waals surface area contributed by atoms with Gasteiger partial charge in [-0.1, -0.05) is 6.92 Å². The number of hydrogen-bond donors (Lipinski definition) is 0. The quantitative estimate of drug-likeness (QED) is 0.570. The van der Waals surface area contributed by atoms with E-state index in [1.54, 1.807) is 18.2 Å². The summed E-state index contributed by atoms with van der Waals surface area (Å²) in [6.07, 6.45) is 2.99. The summed E-state index contributed by atoms with van der Waals surface area (Å²) in [6.45, 7) is 2.98. The molecule has 1 aromatic heterocycles. The maximum atomic E-state index is 10.6. The monoisotopic (exact) mass is 204 g/mol. The molecule has 0 aliphatic heterocycles. The Labute approximate surface area is 87.3 Å². The van der Waals surface area contributed by atoms with Crippen molar-refractivity contribution in [3.63, 3.8) is 0 Å². The van der Waals surface area contributed by atoms with E-state index in [1.807, 2.05) is 16.8 Å². The van der Waals surface area contributed by atoms with Gasteiger partial charge in [-0.2, -0.15) is 0 Å². The molecule has 0 radical (unpaired) electrons. The summed E-state index contributed by atoms with van der Waals surface area (Å²) in [5.74, 6) is 0. The van der Waals surface area contributed by atoms with Crippen LogP contribution in [0.15, 0.2) is 30.5 Å². The molecule has 4 nitrogen and oxygen atoms in total. The Hall–Kier alpha value is -1.84. The number of non-ortho nitro benzene ring substituents is 1. The molecule has 0 amide bonds. The molecule has 2 rings (SSSR count). The first-order chi connectivity index (χ1) is 7.22. The molecule has 0 fully saturated rings. The van der Waals surface area contributed by atoms with Crippen molar-refractivity contribution in [2.24, 2.45) is 0 Å². The fourth-order valence-electron chi connectivity index (χ4n) is 1.72. The zero-order valence-electron chi connectivity index (χ0n) is 8.51. The number of fused-ring (bicyclic) bond motifs is 1. The highest BCUT2D eigenvalue weighted by molar-refractivity contribution is 5.82. The van der Waals surface area contributed by atoms with Crippen LogP contribution in [0.4, 0.5) is 5.69 Å². The smallest absolute Gasteiger partial charge is 0.271 e. The predicted molar refractivity (Wildman–Crippen MR) is 58.9 cm³/mol. The molecule has 78 valence electrons. The Morgan fingerprint density at radius 2 is 2.20 bits per heavy atom. The highest BCUT2D eigenvalue weighted by Gasteiger charge is 2.08. The highest BCUT2D eigenvalue weighted by Crippen LogP contribution is 2.21. The second-order valence-corrected chi connectivity index (χ2v) is 3.51. The van der Waals surface area contributed by atoms with Crippen LogP contribution in [-0.2, 0) is 6.54 Å². The lowest BCUT2D eigenvalue weighted by Gasteiger charge is -2.01. The second kappa shape index (κ2) is 3.73. The standard InChI is InChI=1S/C11H12N2O2/c1-2-6-12-7-5-9-3-4-10(13(14)15)8-11(9)12/h3-5,7-8H,2,6H2,1H3. The van der Waals surface area contributed by atoms with Gasteiger partial charge in [-0.25, -0.2) is 0 Å². The average molecular weight is 204 g/mol. The molecule has 0 spiro atoms. The van der Waals surface area contributed by atoms with Crippen molar-refractivity contribution in [1.29, 1.82) is 0 Å². The zero-order valence-corrected chi connectivity index (χ0v) is 8.51. The molecule has 0 N–H and O–H groups in total. The molecule has 2 aromatic rings. The van der Waals surface area contributed by atoms with Gasteiger partial charge in [-0.05, 0) is 18.6 Å². The molecule has 0 bridgehead atoms. The lowest BCUT2D eigenvalue weighted by Crippen LogP contribution is -1.94. The Balaban J connectivity index is 2.56. The Morgan fingerprint density at radius 1 is 1.40 bits per heavy atom. The van der Waals surface area contributed by atoms with Gasteiger partial charge in [-0.3, -0.25) is 10.1 Å². The minimum absolute atomic E-state index is 0.151. The number of benzene rings is 1. The van der Waals surface area contributed by atoms with E-state index in [2.05, 4.69) is 6.92 Å². The third kappa shape index (κ3) is 1.70. The number of aryl methyl sites for hydroxylation is 1. The summed E-state index contributed by atoms with van der Waals surface area (Å²) < 4.78 is 2.04. The third-order valence-electron chi connectivity index (χ3n) is 2.43. The summed E-state index contributed by atoms with van der Waals surface area (Å²) in [7, 11) is 0. The molecule has 0 aliphatic rings.